The Morgan fingerprint density at radius 1 is 0.972 bits per heavy atom. The van der Waals surface area contributed by atoms with Crippen molar-refractivity contribution in [3.8, 4) is 0 Å². The summed E-state index contributed by atoms with van der Waals surface area (Å²) in [6, 6.07) is 10.6. The molecule has 5 heteroatoms. The van der Waals surface area contributed by atoms with E-state index in [9.17, 15) is 0 Å². The number of ether oxygens (including phenoxy) is 3. The molecule has 0 unspecified atom stereocenters. The van der Waals surface area contributed by atoms with Gasteiger partial charge in [0.05, 0.1) is 24.9 Å². The highest BCUT2D eigenvalue weighted by atomic mass is 28.4. The van der Waals surface area contributed by atoms with Gasteiger partial charge in [-0.3, -0.25) is 0 Å². The minimum atomic E-state index is -1.87. The summed E-state index contributed by atoms with van der Waals surface area (Å²) in [4.78, 5) is 0. The van der Waals surface area contributed by atoms with E-state index < -0.39 is 14.1 Å². The quantitative estimate of drug-likeness (QED) is 0.352. The van der Waals surface area contributed by atoms with Crippen molar-refractivity contribution in [2.45, 2.75) is 116 Å². The molecule has 0 N–H and O–H groups in total. The van der Waals surface area contributed by atoms with Crippen LogP contribution in [0.15, 0.2) is 30.3 Å². The lowest BCUT2D eigenvalue weighted by Crippen LogP contribution is -2.54. The predicted molar refractivity (Wildman–Crippen MR) is 147 cm³/mol. The molecule has 1 aromatic rings. The highest BCUT2D eigenvalue weighted by molar-refractivity contribution is 6.74. The van der Waals surface area contributed by atoms with Crippen LogP contribution < -0.4 is 0 Å². The number of fused-ring (bicyclic) bond motifs is 3. The van der Waals surface area contributed by atoms with E-state index in [0.29, 0.717) is 24.4 Å². The molecule has 4 fully saturated rings. The first-order valence-corrected chi connectivity index (χ1v) is 17.2. The molecule has 1 heterocycles. The van der Waals surface area contributed by atoms with Crippen LogP contribution in [0.25, 0.3) is 0 Å². The average Bonchev–Trinajstić information content (AvgIpc) is 3.32. The molecule has 2 bridgehead atoms. The first-order chi connectivity index (χ1) is 16.6. The maximum atomic E-state index is 7.02. The molecule has 1 aliphatic heterocycles. The van der Waals surface area contributed by atoms with E-state index in [-0.39, 0.29) is 27.6 Å². The lowest BCUT2D eigenvalue weighted by atomic mass is 9.62. The molecular formula is C31H50O4Si. The maximum Gasteiger partial charge on any atom is 0.192 e. The molecule has 1 aromatic carbocycles. The zero-order chi connectivity index (χ0) is 26.2. The lowest BCUT2D eigenvalue weighted by Gasteiger charge is -2.48. The normalized spacial score (nSPS) is 41.4. The van der Waals surface area contributed by atoms with Crippen molar-refractivity contribution in [3.63, 3.8) is 0 Å². The van der Waals surface area contributed by atoms with E-state index in [0.717, 1.165) is 19.6 Å². The summed E-state index contributed by atoms with van der Waals surface area (Å²) in [6.45, 7) is 23.3. The van der Waals surface area contributed by atoms with Gasteiger partial charge in [-0.2, -0.15) is 0 Å². The van der Waals surface area contributed by atoms with Gasteiger partial charge in [-0.15, -0.1) is 0 Å². The van der Waals surface area contributed by atoms with Crippen LogP contribution in [-0.2, 0) is 25.2 Å². The molecule has 4 nitrogen and oxygen atoms in total. The second-order valence-electron chi connectivity index (χ2n) is 14.9. The summed E-state index contributed by atoms with van der Waals surface area (Å²) in [5.41, 5.74) is 1.32. The first kappa shape index (κ1) is 26.9. The topological polar surface area (TPSA) is 36.9 Å². The van der Waals surface area contributed by atoms with E-state index in [1.807, 2.05) is 0 Å². The fourth-order valence-electron chi connectivity index (χ4n) is 8.49. The Morgan fingerprint density at radius 3 is 2.33 bits per heavy atom. The number of rotatable bonds is 7. The molecule has 0 aromatic heterocycles. The van der Waals surface area contributed by atoms with E-state index >= 15 is 0 Å². The van der Waals surface area contributed by atoms with Crippen LogP contribution in [-0.4, -0.2) is 39.0 Å². The van der Waals surface area contributed by atoms with Crippen LogP contribution >= 0.6 is 0 Å². The SMILES string of the molecule is CC1(C)O[C@@H]2C[C@@]34C[C@H]([C@](C)(CO[Si](C)(C)C(C)(C)C)[C@@H]3CC[C@@H]4COCc3ccccc3)[C@]2(C)O1. The number of hydrogen-bond acceptors (Lipinski definition) is 4. The van der Waals surface area contributed by atoms with Crippen molar-refractivity contribution in [1.29, 1.82) is 0 Å². The maximum absolute atomic E-state index is 7.02. The average molecular weight is 515 g/mol. The highest BCUT2D eigenvalue weighted by Crippen LogP contribution is 2.75. The second kappa shape index (κ2) is 8.64. The summed E-state index contributed by atoms with van der Waals surface area (Å²) in [6.07, 6.45) is 4.94. The summed E-state index contributed by atoms with van der Waals surface area (Å²) in [5, 5.41) is 0.208. The smallest absolute Gasteiger partial charge is 0.192 e. The molecule has 1 saturated heterocycles. The van der Waals surface area contributed by atoms with Gasteiger partial charge in [0.25, 0.3) is 0 Å². The molecule has 3 aliphatic carbocycles. The van der Waals surface area contributed by atoms with Crippen molar-refractivity contribution in [2.24, 2.45) is 28.6 Å². The standard InChI is InChI=1S/C31H50O4Si/c1-27(2,3)36(8,9)33-21-29(6)24-16-15-23(20-32-19-22-13-11-10-12-14-22)31(24)17-25(29)30(7)26(18-31)34-28(4,5)35-30/h10-14,23-26H,15-21H2,1-9H3/t23-,24+,25-,26-,29-,30+,31-/m1/s1. The highest BCUT2D eigenvalue weighted by Gasteiger charge is 2.75. The Morgan fingerprint density at radius 2 is 1.67 bits per heavy atom. The second-order valence-corrected chi connectivity index (χ2v) is 19.7. The van der Waals surface area contributed by atoms with Gasteiger partial charge >= 0.3 is 0 Å². The zero-order valence-corrected chi connectivity index (χ0v) is 25.3. The van der Waals surface area contributed by atoms with Crippen LogP contribution in [0.2, 0.25) is 18.1 Å². The van der Waals surface area contributed by atoms with Crippen LogP contribution in [0.3, 0.4) is 0 Å². The summed E-state index contributed by atoms with van der Waals surface area (Å²) in [7, 11) is -1.87. The van der Waals surface area contributed by atoms with Crippen molar-refractivity contribution >= 4 is 8.32 Å². The summed E-state index contributed by atoms with van der Waals surface area (Å²) in [5.74, 6) is 1.09. The first-order valence-electron chi connectivity index (χ1n) is 14.3. The Balaban J connectivity index is 1.43. The number of benzene rings is 1. The van der Waals surface area contributed by atoms with Gasteiger partial charge in [0.2, 0.25) is 0 Å². The fraction of sp³-hybridized carbons (Fsp3) is 0.806. The van der Waals surface area contributed by atoms with Gasteiger partial charge in [0.1, 0.15) is 0 Å². The molecule has 5 rings (SSSR count). The van der Waals surface area contributed by atoms with E-state index in [4.69, 9.17) is 18.6 Å². The molecular weight excluding hydrogens is 464 g/mol. The molecule has 202 valence electrons. The van der Waals surface area contributed by atoms with E-state index in [1.165, 1.54) is 24.8 Å². The third-order valence-corrected chi connectivity index (χ3v) is 15.7. The van der Waals surface area contributed by atoms with Crippen LogP contribution in [0, 0.1) is 28.6 Å². The summed E-state index contributed by atoms with van der Waals surface area (Å²) >= 11 is 0. The van der Waals surface area contributed by atoms with Gasteiger partial charge in [-0.25, -0.2) is 0 Å². The lowest BCUT2D eigenvalue weighted by molar-refractivity contribution is -0.180. The van der Waals surface area contributed by atoms with Crippen molar-refractivity contribution in [3.05, 3.63) is 35.9 Å². The predicted octanol–water partition coefficient (Wildman–Crippen LogP) is 7.58. The van der Waals surface area contributed by atoms with Gasteiger partial charge in [0, 0.05) is 6.61 Å². The molecule has 3 saturated carbocycles. The molecule has 0 amide bonds. The third-order valence-electron chi connectivity index (χ3n) is 11.3. The molecule has 1 spiro atoms. The van der Waals surface area contributed by atoms with Crippen LogP contribution in [0.4, 0.5) is 0 Å². The minimum absolute atomic E-state index is 0.0803. The van der Waals surface area contributed by atoms with Gasteiger partial charge in [-0.1, -0.05) is 58.0 Å². The largest absolute Gasteiger partial charge is 0.416 e. The van der Waals surface area contributed by atoms with Gasteiger partial charge < -0.3 is 18.6 Å². The van der Waals surface area contributed by atoms with E-state index in [1.54, 1.807) is 0 Å². The van der Waals surface area contributed by atoms with E-state index in [2.05, 4.69) is 91.9 Å². The van der Waals surface area contributed by atoms with Gasteiger partial charge in [-0.05, 0) is 98.7 Å². The summed E-state index contributed by atoms with van der Waals surface area (Å²) < 4.78 is 26.9. The monoisotopic (exact) mass is 514 g/mol. The Labute approximate surface area is 220 Å². The van der Waals surface area contributed by atoms with Crippen LogP contribution in [0.1, 0.15) is 79.7 Å². The molecule has 0 radical (unpaired) electrons. The Kier molecular flexibility index (Phi) is 6.45. The van der Waals surface area contributed by atoms with Gasteiger partial charge in [0.15, 0.2) is 14.1 Å². The van der Waals surface area contributed by atoms with Crippen molar-refractivity contribution in [2.75, 3.05) is 13.2 Å². The Bertz CT molecular complexity index is 955. The molecule has 36 heavy (non-hydrogen) atoms. The van der Waals surface area contributed by atoms with Crippen LogP contribution in [0.5, 0.6) is 0 Å². The molecule has 4 aliphatic rings. The fourth-order valence-corrected chi connectivity index (χ4v) is 9.59. The zero-order valence-electron chi connectivity index (χ0n) is 24.3. The molecule has 7 atom stereocenters. The van der Waals surface area contributed by atoms with Crippen molar-refractivity contribution in [1.82, 2.24) is 0 Å². The Hall–Kier alpha value is -0.723. The minimum Gasteiger partial charge on any atom is -0.416 e. The third kappa shape index (κ3) is 4.16. The van der Waals surface area contributed by atoms with Crippen molar-refractivity contribution < 1.29 is 18.6 Å². The number of hydrogen-bond donors (Lipinski definition) is 0.